The summed E-state index contributed by atoms with van der Waals surface area (Å²) < 4.78 is 13.3. The van der Waals surface area contributed by atoms with Gasteiger partial charge in [-0.1, -0.05) is 5.10 Å². The van der Waals surface area contributed by atoms with Crippen LogP contribution in [-0.4, -0.2) is 32.6 Å². The van der Waals surface area contributed by atoms with Gasteiger partial charge in [-0.05, 0) is 25.3 Å². The second kappa shape index (κ2) is 4.59. The maximum atomic E-state index is 5.82. The molecule has 0 bridgehead atoms. The molecule has 106 valence electrons. The van der Waals surface area contributed by atoms with Crippen LogP contribution in [0, 0.1) is 0 Å². The maximum Gasteiger partial charge on any atom is 0.315 e. The van der Waals surface area contributed by atoms with E-state index in [4.69, 9.17) is 9.15 Å². The second-order valence-corrected chi connectivity index (χ2v) is 5.43. The number of aryl methyl sites for hydroxylation is 1. The van der Waals surface area contributed by atoms with E-state index in [1.54, 1.807) is 6.20 Å². The Bertz CT molecular complexity index is 603. The molecule has 0 unspecified atom stereocenters. The average Bonchev–Trinajstić information content (AvgIpc) is 2.85. The van der Waals surface area contributed by atoms with Crippen molar-refractivity contribution in [1.82, 2.24) is 20.0 Å². The molecule has 7 nitrogen and oxygen atoms in total. The van der Waals surface area contributed by atoms with Crippen LogP contribution in [0.25, 0.3) is 0 Å². The monoisotopic (exact) mass is 275 g/mol. The lowest BCUT2D eigenvalue weighted by Crippen LogP contribution is -2.25. The number of rotatable bonds is 4. The average molecular weight is 275 g/mol. The van der Waals surface area contributed by atoms with Gasteiger partial charge in [0.05, 0.1) is 11.7 Å². The van der Waals surface area contributed by atoms with Gasteiger partial charge in [0, 0.05) is 25.8 Å². The zero-order valence-corrected chi connectivity index (χ0v) is 11.3. The smallest absolute Gasteiger partial charge is 0.315 e. The molecule has 2 fully saturated rings. The molecule has 2 aromatic heterocycles. The Balaban J connectivity index is 1.50. The maximum absolute atomic E-state index is 5.82. The number of aromatic nitrogens is 4. The van der Waals surface area contributed by atoms with E-state index in [9.17, 15) is 0 Å². The van der Waals surface area contributed by atoms with Crippen LogP contribution in [0.4, 0.5) is 6.01 Å². The summed E-state index contributed by atoms with van der Waals surface area (Å²) >= 11 is 0. The summed E-state index contributed by atoms with van der Waals surface area (Å²) in [4.78, 5) is 0. The Morgan fingerprint density at radius 2 is 2.20 bits per heavy atom. The van der Waals surface area contributed by atoms with Gasteiger partial charge < -0.3 is 14.5 Å². The highest BCUT2D eigenvalue weighted by Crippen LogP contribution is 2.40. The quantitative estimate of drug-likeness (QED) is 0.913. The minimum atomic E-state index is -0.0289. The highest BCUT2D eigenvalue weighted by Gasteiger charge is 2.34. The first-order chi connectivity index (χ1) is 9.81. The van der Waals surface area contributed by atoms with Gasteiger partial charge in [-0.3, -0.25) is 4.68 Å². The first-order valence-electron chi connectivity index (χ1n) is 7.00. The molecule has 2 aromatic rings. The topological polar surface area (TPSA) is 78.0 Å². The highest BCUT2D eigenvalue weighted by molar-refractivity contribution is 5.25. The van der Waals surface area contributed by atoms with E-state index in [0.717, 1.165) is 37.5 Å². The number of nitrogens with zero attached hydrogens (tertiary/aromatic N) is 4. The van der Waals surface area contributed by atoms with Crippen LogP contribution in [0.1, 0.15) is 42.9 Å². The lowest BCUT2D eigenvalue weighted by Gasteiger charge is -2.18. The van der Waals surface area contributed by atoms with Gasteiger partial charge in [0.25, 0.3) is 0 Å². The van der Waals surface area contributed by atoms with Gasteiger partial charge in [0.2, 0.25) is 5.89 Å². The van der Waals surface area contributed by atoms with Crippen molar-refractivity contribution < 1.29 is 9.15 Å². The van der Waals surface area contributed by atoms with E-state index < -0.39 is 0 Å². The molecule has 20 heavy (non-hydrogen) atoms. The Hall–Kier alpha value is -1.89. The van der Waals surface area contributed by atoms with Crippen molar-refractivity contribution in [3.63, 3.8) is 0 Å². The molecule has 2 atom stereocenters. The second-order valence-electron chi connectivity index (χ2n) is 5.43. The van der Waals surface area contributed by atoms with Crippen molar-refractivity contribution in [3.05, 3.63) is 23.8 Å². The minimum absolute atomic E-state index is 0.0289. The van der Waals surface area contributed by atoms with Crippen LogP contribution in [0.15, 0.2) is 16.7 Å². The van der Waals surface area contributed by atoms with Gasteiger partial charge >= 0.3 is 6.01 Å². The summed E-state index contributed by atoms with van der Waals surface area (Å²) in [6.07, 6.45) is 4.99. The van der Waals surface area contributed by atoms with E-state index in [1.807, 2.05) is 17.8 Å². The molecular weight excluding hydrogens is 258 g/mol. The minimum Gasteiger partial charge on any atom is -0.408 e. The molecule has 2 aliphatic rings. The normalized spacial score (nSPS) is 26.1. The SMILES string of the molecule is Cn1nccc1[C@H]1OCC[C@@H]1Nc1nnc(C2CC2)o1. The number of hydrogen-bond acceptors (Lipinski definition) is 6. The fraction of sp³-hybridized carbons (Fsp3) is 0.615. The van der Waals surface area contributed by atoms with E-state index in [0.29, 0.717) is 11.9 Å². The molecule has 1 aliphatic heterocycles. The summed E-state index contributed by atoms with van der Waals surface area (Å²) in [6, 6.07) is 2.61. The van der Waals surface area contributed by atoms with Crippen LogP contribution >= 0.6 is 0 Å². The number of ether oxygens (including phenoxy) is 1. The number of anilines is 1. The summed E-state index contributed by atoms with van der Waals surface area (Å²) in [5.41, 5.74) is 1.06. The van der Waals surface area contributed by atoms with Crippen LogP contribution < -0.4 is 5.32 Å². The Labute approximate surface area is 116 Å². The Morgan fingerprint density at radius 1 is 1.30 bits per heavy atom. The van der Waals surface area contributed by atoms with E-state index in [2.05, 4.69) is 20.6 Å². The van der Waals surface area contributed by atoms with Gasteiger partial charge in [-0.15, -0.1) is 5.10 Å². The molecule has 4 rings (SSSR count). The van der Waals surface area contributed by atoms with Gasteiger partial charge in [0.1, 0.15) is 6.10 Å². The lowest BCUT2D eigenvalue weighted by atomic mass is 10.1. The first-order valence-corrected chi connectivity index (χ1v) is 7.00. The Kier molecular flexibility index (Phi) is 2.73. The van der Waals surface area contributed by atoms with Gasteiger partial charge in [-0.2, -0.15) is 5.10 Å². The fourth-order valence-electron chi connectivity index (χ4n) is 2.64. The van der Waals surface area contributed by atoms with Crippen LogP contribution in [0.3, 0.4) is 0 Å². The summed E-state index contributed by atoms with van der Waals surface area (Å²) in [5.74, 6) is 1.23. The van der Waals surface area contributed by atoms with E-state index >= 15 is 0 Å². The van der Waals surface area contributed by atoms with Crippen LogP contribution in [0.2, 0.25) is 0 Å². The summed E-state index contributed by atoms with van der Waals surface area (Å²) in [7, 11) is 1.92. The first kappa shape index (κ1) is 11.9. The molecular formula is C13H17N5O2. The van der Waals surface area contributed by atoms with Crippen molar-refractivity contribution in [1.29, 1.82) is 0 Å². The molecule has 7 heteroatoms. The van der Waals surface area contributed by atoms with Gasteiger partial charge in [0.15, 0.2) is 0 Å². The zero-order valence-electron chi connectivity index (χ0n) is 11.3. The molecule has 0 aromatic carbocycles. The van der Waals surface area contributed by atoms with Gasteiger partial charge in [-0.25, -0.2) is 0 Å². The Morgan fingerprint density at radius 3 is 2.95 bits per heavy atom. The predicted molar refractivity (Wildman–Crippen MR) is 70.2 cm³/mol. The van der Waals surface area contributed by atoms with Crippen molar-refractivity contribution in [2.45, 2.75) is 37.3 Å². The molecule has 1 aliphatic carbocycles. The van der Waals surface area contributed by atoms with Crippen molar-refractivity contribution in [3.8, 4) is 0 Å². The highest BCUT2D eigenvalue weighted by atomic mass is 16.5. The molecule has 0 spiro atoms. The zero-order chi connectivity index (χ0) is 13.5. The molecule has 1 saturated carbocycles. The number of nitrogens with one attached hydrogen (secondary N) is 1. The largest absolute Gasteiger partial charge is 0.408 e. The van der Waals surface area contributed by atoms with E-state index in [-0.39, 0.29) is 12.1 Å². The molecule has 1 N–H and O–H groups in total. The van der Waals surface area contributed by atoms with Crippen LogP contribution in [0.5, 0.6) is 0 Å². The van der Waals surface area contributed by atoms with Crippen molar-refractivity contribution in [2.24, 2.45) is 7.05 Å². The lowest BCUT2D eigenvalue weighted by molar-refractivity contribution is 0.101. The third-order valence-electron chi connectivity index (χ3n) is 3.92. The predicted octanol–water partition coefficient (Wildman–Crippen LogP) is 1.62. The standard InChI is InChI=1S/C13H17N5O2/c1-18-10(4-6-14-18)11-9(5-7-19-11)15-13-17-16-12(20-13)8-2-3-8/h4,6,8-9,11H,2-3,5,7H2,1H3,(H,15,17)/t9-,11-/m0/s1. The molecule has 1 saturated heterocycles. The molecule has 3 heterocycles. The molecule has 0 amide bonds. The fourth-order valence-corrected chi connectivity index (χ4v) is 2.64. The third kappa shape index (κ3) is 2.07. The van der Waals surface area contributed by atoms with Crippen LogP contribution in [-0.2, 0) is 11.8 Å². The van der Waals surface area contributed by atoms with Crippen molar-refractivity contribution in [2.75, 3.05) is 11.9 Å². The summed E-state index contributed by atoms with van der Waals surface area (Å²) in [6.45, 7) is 0.719. The summed E-state index contributed by atoms with van der Waals surface area (Å²) in [5, 5.41) is 15.7. The number of hydrogen-bond donors (Lipinski definition) is 1. The molecule has 0 radical (unpaired) electrons. The van der Waals surface area contributed by atoms with E-state index in [1.165, 1.54) is 0 Å². The third-order valence-corrected chi connectivity index (χ3v) is 3.92. The van der Waals surface area contributed by atoms with Crippen molar-refractivity contribution >= 4 is 6.01 Å².